The summed E-state index contributed by atoms with van der Waals surface area (Å²) in [6, 6.07) is 0.733. The molecular weight excluding hydrogens is 176 g/mol. The normalized spacial score (nSPS) is 39.4. The van der Waals surface area contributed by atoms with Crippen molar-refractivity contribution in [2.24, 2.45) is 11.8 Å². The first-order valence-corrected chi connectivity index (χ1v) is 5.90. The molecule has 3 unspecified atom stereocenters. The molecule has 0 amide bonds. The van der Waals surface area contributed by atoms with Crippen molar-refractivity contribution in [1.29, 1.82) is 0 Å². The lowest BCUT2D eigenvalue weighted by Gasteiger charge is -2.28. The van der Waals surface area contributed by atoms with Crippen LogP contribution in [0, 0.1) is 11.8 Å². The number of hydrogen-bond donors (Lipinski definition) is 2. The number of nitrogens with one attached hydrogen (secondary N) is 1. The Bertz CT molecular complexity index is 186. The molecule has 3 nitrogen and oxygen atoms in total. The maximum Gasteiger partial charge on any atom is 0.0471 e. The third-order valence-corrected chi connectivity index (χ3v) is 3.87. The topological polar surface area (TPSA) is 35.5 Å². The second kappa shape index (κ2) is 4.60. The Morgan fingerprint density at radius 2 is 2.29 bits per heavy atom. The lowest BCUT2D eigenvalue weighted by atomic mass is 10.00. The van der Waals surface area contributed by atoms with Crippen LogP contribution in [0.2, 0.25) is 0 Å². The number of nitrogens with zero attached hydrogens (tertiary/aromatic N) is 1. The van der Waals surface area contributed by atoms with E-state index in [1.165, 1.54) is 25.9 Å². The Morgan fingerprint density at radius 1 is 1.43 bits per heavy atom. The van der Waals surface area contributed by atoms with E-state index in [4.69, 9.17) is 5.11 Å². The smallest absolute Gasteiger partial charge is 0.0471 e. The highest BCUT2D eigenvalue weighted by Gasteiger charge is 2.34. The zero-order valence-corrected chi connectivity index (χ0v) is 9.08. The van der Waals surface area contributed by atoms with E-state index in [9.17, 15) is 0 Å². The molecular formula is C11H22N2O. The van der Waals surface area contributed by atoms with Crippen LogP contribution < -0.4 is 5.32 Å². The fraction of sp³-hybridized carbons (Fsp3) is 1.00. The molecule has 2 aliphatic rings. The van der Waals surface area contributed by atoms with E-state index in [2.05, 4.69) is 17.1 Å². The van der Waals surface area contributed by atoms with Gasteiger partial charge < -0.3 is 10.4 Å². The van der Waals surface area contributed by atoms with Crippen molar-refractivity contribution in [3.63, 3.8) is 0 Å². The number of aliphatic hydroxyl groups is 1. The minimum absolute atomic E-state index is 0.368. The van der Waals surface area contributed by atoms with Crippen molar-refractivity contribution in [1.82, 2.24) is 10.2 Å². The third kappa shape index (κ3) is 1.95. The van der Waals surface area contributed by atoms with E-state index >= 15 is 0 Å². The van der Waals surface area contributed by atoms with Gasteiger partial charge in [-0.25, -0.2) is 0 Å². The average Bonchev–Trinajstić information content (AvgIpc) is 2.85. The molecule has 0 aromatic rings. The summed E-state index contributed by atoms with van der Waals surface area (Å²) in [7, 11) is 0. The highest BCUT2D eigenvalue weighted by Crippen LogP contribution is 2.25. The van der Waals surface area contributed by atoms with Crippen LogP contribution in [-0.2, 0) is 0 Å². The zero-order chi connectivity index (χ0) is 9.97. The predicted octanol–water partition coefficient (Wildman–Crippen LogP) is 0.299. The van der Waals surface area contributed by atoms with Crippen molar-refractivity contribution in [2.45, 2.75) is 25.8 Å². The van der Waals surface area contributed by atoms with E-state index in [1.807, 2.05) is 0 Å². The first-order valence-electron chi connectivity index (χ1n) is 5.90. The fourth-order valence-electron chi connectivity index (χ4n) is 2.88. The Labute approximate surface area is 86.5 Å². The van der Waals surface area contributed by atoms with Crippen LogP contribution in [0.15, 0.2) is 0 Å². The van der Waals surface area contributed by atoms with Crippen molar-refractivity contribution in [2.75, 3.05) is 32.8 Å². The summed E-state index contributed by atoms with van der Waals surface area (Å²) >= 11 is 0. The largest absolute Gasteiger partial charge is 0.396 e. The highest BCUT2D eigenvalue weighted by atomic mass is 16.3. The second-order valence-corrected chi connectivity index (χ2v) is 4.73. The lowest BCUT2D eigenvalue weighted by molar-refractivity contribution is 0.180. The molecule has 2 heterocycles. The summed E-state index contributed by atoms with van der Waals surface area (Å²) in [5.74, 6) is 1.36. The Hall–Kier alpha value is -0.120. The van der Waals surface area contributed by atoms with Crippen LogP contribution in [-0.4, -0.2) is 48.8 Å². The molecule has 14 heavy (non-hydrogen) atoms. The summed E-state index contributed by atoms with van der Waals surface area (Å²) in [6.45, 7) is 7.28. The molecule has 3 atom stereocenters. The molecule has 3 heteroatoms. The van der Waals surface area contributed by atoms with Crippen molar-refractivity contribution in [3.8, 4) is 0 Å². The van der Waals surface area contributed by atoms with Crippen molar-refractivity contribution in [3.05, 3.63) is 0 Å². The van der Waals surface area contributed by atoms with Gasteiger partial charge in [-0.3, -0.25) is 4.90 Å². The summed E-state index contributed by atoms with van der Waals surface area (Å²) < 4.78 is 0. The van der Waals surface area contributed by atoms with Crippen LogP contribution in [0.5, 0.6) is 0 Å². The molecule has 82 valence electrons. The summed E-state index contributed by atoms with van der Waals surface area (Å²) in [5.41, 5.74) is 0. The molecule has 0 aromatic carbocycles. The number of likely N-dealkylation sites (tertiary alicyclic amines) is 1. The molecule has 0 spiro atoms. The number of aliphatic hydroxyl groups excluding tert-OH is 1. The van der Waals surface area contributed by atoms with Gasteiger partial charge in [-0.1, -0.05) is 13.3 Å². The van der Waals surface area contributed by atoms with E-state index in [1.54, 1.807) is 0 Å². The molecule has 2 N–H and O–H groups in total. The Kier molecular flexibility index (Phi) is 3.42. The van der Waals surface area contributed by atoms with Gasteiger partial charge in [-0.05, 0) is 31.3 Å². The summed E-state index contributed by atoms with van der Waals surface area (Å²) in [5, 5.41) is 12.6. The molecule has 2 aliphatic heterocycles. The van der Waals surface area contributed by atoms with Crippen molar-refractivity contribution < 1.29 is 5.11 Å². The minimum Gasteiger partial charge on any atom is -0.396 e. The number of rotatable bonds is 3. The fourth-order valence-corrected chi connectivity index (χ4v) is 2.88. The first-order chi connectivity index (χ1) is 6.85. The van der Waals surface area contributed by atoms with Gasteiger partial charge in [-0.2, -0.15) is 0 Å². The van der Waals surface area contributed by atoms with Gasteiger partial charge in [0.1, 0.15) is 0 Å². The molecule has 0 saturated carbocycles. The maximum absolute atomic E-state index is 9.11. The van der Waals surface area contributed by atoms with Gasteiger partial charge in [0.15, 0.2) is 0 Å². The van der Waals surface area contributed by atoms with Crippen LogP contribution in [0.25, 0.3) is 0 Å². The molecule has 2 rings (SSSR count). The molecule has 0 aromatic heterocycles. The minimum atomic E-state index is 0.368. The molecule has 0 bridgehead atoms. The van der Waals surface area contributed by atoms with Gasteiger partial charge in [0, 0.05) is 25.7 Å². The van der Waals surface area contributed by atoms with Gasteiger partial charge >= 0.3 is 0 Å². The molecule has 0 radical (unpaired) electrons. The van der Waals surface area contributed by atoms with Gasteiger partial charge in [0.05, 0.1) is 0 Å². The quantitative estimate of drug-likeness (QED) is 0.684. The summed E-state index contributed by atoms with van der Waals surface area (Å²) in [6.07, 6.45) is 2.46. The molecule has 0 aliphatic carbocycles. The van der Waals surface area contributed by atoms with E-state index < -0.39 is 0 Å². The lowest BCUT2D eigenvalue weighted by Crippen LogP contribution is -2.39. The van der Waals surface area contributed by atoms with Crippen molar-refractivity contribution >= 4 is 0 Å². The van der Waals surface area contributed by atoms with E-state index in [0.717, 1.165) is 25.0 Å². The monoisotopic (exact) mass is 198 g/mol. The Balaban J connectivity index is 1.89. The van der Waals surface area contributed by atoms with E-state index in [-0.39, 0.29) is 0 Å². The van der Waals surface area contributed by atoms with Crippen LogP contribution in [0.1, 0.15) is 19.8 Å². The molecule has 2 fully saturated rings. The SMILES string of the molecule is CCC1CNCC1N1CCC(CO)C1. The van der Waals surface area contributed by atoms with E-state index in [0.29, 0.717) is 12.5 Å². The van der Waals surface area contributed by atoms with Gasteiger partial charge in [0.2, 0.25) is 0 Å². The van der Waals surface area contributed by atoms with Crippen LogP contribution in [0.3, 0.4) is 0 Å². The maximum atomic E-state index is 9.11. The highest BCUT2D eigenvalue weighted by molar-refractivity contribution is 4.91. The average molecular weight is 198 g/mol. The third-order valence-electron chi connectivity index (χ3n) is 3.87. The van der Waals surface area contributed by atoms with Gasteiger partial charge in [0.25, 0.3) is 0 Å². The standard InChI is InChI=1S/C11H22N2O/c1-2-10-5-12-6-11(10)13-4-3-9(7-13)8-14/h9-12,14H,2-8H2,1H3. The first kappa shape index (κ1) is 10.4. The second-order valence-electron chi connectivity index (χ2n) is 4.73. The summed E-state index contributed by atoms with van der Waals surface area (Å²) in [4.78, 5) is 2.58. The predicted molar refractivity (Wildman–Crippen MR) is 57.2 cm³/mol. The number of hydrogen-bond acceptors (Lipinski definition) is 3. The Morgan fingerprint density at radius 3 is 2.93 bits per heavy atom. The van der Waals surface area contributed by atoms with Crippen LogP contribution in [0.4, 0.5) is 0 Å². The van der Waals surface area contributed by atoms with Gasteiger partial charge in [-0.15, -0.1) is 0 Å². The van der Waals surface area contributed by atoms with Crippen LogP contribution >= 0.6 is 0 Å². The zero-order valence-electron chi connectivity index (χ0n) is 9.08. The molecule has 2 saturated heterocycles.